The number of imide groups is 1. The predicted molar refractivity (Wildman–Crippen MR) is 68.2 cm³/mol. The smallest absolute Gasteiger partial charge is 0.322 e. The summed E-state index contributed by atoms with van der Waals surface area (Å²) in [5.74, 6) is -0.143. The summed E-state index contributed by atoms with van der Waals surface area (Å²) < 4.78 is 0. The summed E-state index contributed by atoms with van der Waals surface area (Å²) >= 11 is 0. The molecule has 1 unspecified atom stereocenters. The quantitative estimate of drug-likeness (QED) is 0.748. The Labute approximate surface area is 111 Å². The van der Waals surface area contributed by atoms with Gasteiger partial charge in [0.2, 0.25) is 0 Å². The average molecular weight is 260 g/mol. The fourth-order valence-electron chi connectivity index (χ4n) is 2.67. The standard InChI is InChI=1S/C13H16N4O2/c18-11-13(5-3-6-14-9-13)16-12(19)17(11)8-10-4-1-2-7-15-10/h1-2,4,7,14H,3,5-6,8-9H2,(H,16,19). The van der Waals surface area contributed by atoms with E-state index in [9.17, 15) is 9.59 Å². The molecule has 1 aromatic heterocycles. The van der Waals surface area contributed by atoms with Crippen LogP contribution in [0.25, 0.3) is 0 Å². The molecule has 0 bridgehead atoms. The number of hydrogen-bond acceptors (Lipinski definition) is 4. The number of nitrogens with one attached hydrogen (secondary N) is 2. The molecule has 2 saturated heterocycles. The van der Waals surface area contributed by atoms with Crippen LogP contribution in [0.5, 0.6) is 0 Å². The number of pyridine rings is 1. The van der Waals surface area contributed by atoms with Crippen molar-refractivity contribution in [2.45, 2.75) is 24.9 Å². The number of piperidine rings is 1. The van der Waals surface area contributed by atoms with Crippen LogP contribution in [0.15, 0.2) is 24.4 Å². The number of aromatic nitrogens is 1. The zero-order chi connectivity index (χ0) is 13.3. The SMILES string of the molecule is O=C1NC2(CCCNC2)C(=O)N1Cc1ccccn1. The van der Waals surface area contributed by atoms with Crippen LogP contribution in [-0.2, 0) is 11.3 Å². The topological polar surface area (TPSA) is 74.3 Å². The Hall–Kier alpha value is -1.95. The van der Waals surface area contributed by atoms with E-state index in [-0.39, 0.29) is 18.5 Å². The molecule has 19 heavy (non-hydrogen) atoms. The van der Waals surface area contributed by atoms with Crippen LogP contribution in [0.3, 0.4) is 0 Å². The van der Waals surface area contributed by atoms with E-state index < -0.39 is 5.54 Å². The lowest BCUT2D eigenvalue weighted by atomic mass is 9.90. The van der Waals surface area contributed by atoms with Crippen molar-refractivity contribution in [3.05, 3.63) is 30.1 Å². The Balaban J connectivity index is 1.79. The van der Waals surface area contributed by atoms with Gasteiger partial charge in [-0.15, -0.1) is 0 Å². The first kappa shape index (κ1) is 12.1. The zero-order valence-corrected chi connectivity index (χ0v) is 10.6. The number of urea groups is 1. The van der Waals surface area contributed by atoms with Crippen LogP contribution >= 0.6 is 0 Å². The Bertz CT molecular complexity index is 497. The summed E-state index contributed by atoms with van der Waals surface area (Å²) in [6, 6.07) is 5.14. The van der Waals surface area contributed by atoms with Crippen molar-refractivity contribution in [3.63, 3.8) is 0 Å². The van der Waals surface area contributed by atoms with E-state index in [4.69, 9.17) is 0 Å². The molecule has 2 aliphatic heterocycles. The fraction of sp³-hybridized carbons (Fsp3) is 0.462. The lowest BCUT2D eigenvalue weighted by Crippen LogP contribution is -2.57. The molecule has 2 N–H and O–H groups in total. The minimum atomic E-state index is -0.746. The third-order valence-electron chi connectivity index (χ3n) is 3.68. The molecule has 2 fully saturated rings. The van der Waals surface area contributed by atoms with Crippen molar-refractivity contribution in [3.8, 4) is 0 Å². The van der Waals surface area contributed by atoms with Crippen LogP contribution in [0.1, 0.15) is 18.5 Å². The van der Waals surface area contributed by atoms with Gasteiger partial charge in [0.1, 0.15) is 5.54 Å². The van der Waals surface area contributed by atoms with Crippen molar-refractivity contribution < 1.29 is 9.59 Å². The minimum Gasteiger partial charge on any atom is -0.322 e. The van der Waals surface area contributed by atoms with E-state index >= 15 is 0 Å². The second-order valence-electron chi connectivity index (χ2n) is 5.00. The third kappa shape index (κ3) is 2.08. The Morgan fingerprint density at radius 1 is 1.37 bits per heavy atom. The number of hydrogen-bond donors (Lipinski definition) is 2. The van der Waals surface area contributed by atoms with E-state index in [1.807, 2.05) is 18.2 Å². The van der Waals surface area contributed by atoms with Gasteiger partial charge in [-0.05, 0) is 31.5 Å². The van der Waals surface area contributed by atoms with Crippen LogP contribution < -0.4 is 10.6 Å². The number of nitrogens with zero attached hydrogens (tertiary/aromatic N) is 2. The molecule has 0 radical (unpaired) electrons. The molecule has 0 aliphatic carbocycles. The summed E-state index contributed by atoms with van der Waals surface area (Å²) in [6.45, 7) is 1.63. The maximum Gasteiger partial charge on any atom is 0.325 e. The lowest BCUT2D eigenvalue weighted by molar-refractivity contribution is -0.132. The number of carbonyl (C=O) groups is 2. The van der Waals surface area contributed by atoms with Gasteiger partial charge < -0.3 is 10.6 Å². The molecule has 1 aromatic rings. The molecule has 3 rings (SSSR count). The van der Waals surface area contributed by atoms with Crippen LogP contribution in [-0.4, -0.2) is 40.5 Å². The summed E-state index contributed by atoms with van der Waals surface area (Å²) in [6.07, 6.45) is 3.25. The summed E-state index contributed by atoms with van der Waals surface area (Å²) in [4.78, 5) is 29.9. The molecule has 3 heterocycles. The van der Waals surface area contributed by atoms with Crippen molar-refractivity contribution in [2.75, 3.05) is 13.1 Å². The first-order valence-corrected chi connectivity index (χ1v) is 6.46. The van der Waals surface area contributed by atoms with Crippen LogP contribution in [0.2, 0.25) is 0 Å². The molecule has 100 valence electrons. The monoisotopic (exact) mass is 260 g/mol. The van der Waals surface area contributed by atoms with Crippen molar-refractivity contribution >= 4 is 11.9 Å². The molecule has 0 aromatic carbocycles. The minimum absolute atomic E-state index is 0.143. The Kier molecular flexibility index (Phi) is 2.94. The Morgan fingerprint density at radius 3 is 2.95 bits per heavy atom. The van der Waals surface area contributed by atoms with Crippen molar-refractivity contribution in [1.82, 2.24) is 20.5 Å². The van der Waals surface area contributed by atoms with Gasteiger partial charge in [-0.25, -0.2) is 4.79 Å². The van der Waals surface area contributed by atoms with E-state index in [0.717, 1.165) is 13.0 Å². The average Bonchev–Trinajstić information content (AvgIpc) is 2.66. The highest BCUT2D eigenvalue weighted by Crippen LogP contribution is 2.25. The van der Waals surface area contributed by atoms with Gasteiger partial charge in [0, 0.05) is 12.7 Å². The van der Waals surface area contributed by atoms with Crippen molar-refractivity contribution in [2.24, 2.45) is 0 Å². The normalized spacial score (nSPS) is 26.8. The van der Waals surface area contributed by atoms with Gasteiger partial charge in [0.25, 0.3) is 5.91 Å². The van der Waals surface area contributed by atoms with E-state index in [0.29, 0.717) is 18.7 Å². The largest absolute Gasteiger partial charge is 0.325 e. The number of amides is 3. The highest BCUT2D eigenvalue weighted by molar-refractivity contribution is 6.07. The van der Waals surface area contributed by atoms with Gasteiger partial charge in [0.05, 0.1) is 12.2 Å². The maximum atomic E-state index is 12.5. The molecule has 6 heteroatoms. The molecule has 1 spiro atoms. The highest BCUT2D eigenvalue weighted by Gasteiger charge is 2.51. The Morgan fingerprint density at radius 2 is 2.26 bits per heavy atom. The van der Waals surface area contributed by atoms with E-state index in [1.165, 1.54) is 4.90 Å². The van der Waals surface area contributed by atoms with Crippen molar-refractivity contribution in [1.29, 1.82) is 0 Å². The second-order valence-corrected chi connectivity index (χ2v) is 5.00. The first-order chi connectivity index (χ1) is 9.21. The number of rotatable bonds is 2. The van der Waals surface area contributed by atoms with Gasteiger partial charge >= 0.3 is 6.03 Å². The first-order valence-electron chi connectivity index (χ1n) is 6.46. The summed E-state index contributed by atoms with van der Waals surface area (Å²) in [5, 5.41) is 6.01. The summed E-state index contributed by atoms with van der Waals surface area (Å²) in [5.41, 5.74) is -0.0313. The maximum absolute atomic E-state index is 12.5. The second kappa shape index (κ2) is 4.62. The van der Waals surface area contributed by atoms with E-state index in [1.54, 1.807) is 6.20 Å². The van der Waals surface area contributed by atoms with Gasteiger partial charge in [-0.1, -0.05) is 6.07 Å². The number of carbonyl (C=O) groups excluding carboxylic acids is 2. The molecule has 2 aliphatic rings. The molecular formula is C13H16N4O2. The molecule has 3 amide bonds. The summed E-state index contributed by atoms with van der Waals surface area (Å²) in [7, 11) is 0. The predicted octanol–water partition coefficient (Wildman–Crippen LogP) is 0.256. The molecular weight excluding hydrogens is 244 g/mol. The van der Waals surface area contributed by atoms with Crippen LogP contribution in [0, 0.1) is 0 Å². The van der Waals surface area contributed by atoms with Gasteiger partial charge in [0.15, 0.2) is 0 Å². The zero-order valence-electron chi connectivity index (χ0n) is 10.6. The fourth-order valence-corrected chi connectivity index (χ4v) is 2.67. The van der Waals surface area contributed by atoms with E-state index in [2.05, 4.69) is 15.6 Å². The molecule has 1 atom stereocenters. The van der Waals surface area contributed by atoms with Crippen LogP contribution in [0.4, 0.5) is 4.79 Å². The highest BCUT2D eigenvalue weighted by atomic mass is 16.2. The third-order valence-corrected chi connectivity index (χ3v) is 3.68. The molecule has 0 saturated carbocycles. The van der Waals surface area contributed by atoms with Gasteiger partial charge in [-0.3, -0.25) is 14.7 Å². The molecule has 6 nitrogen and oxygen atoms in total. The lowest BCUT2D eigenvalue weighted by Gasteiger charge is -2.31. The van der Waals surface area contributed by atoms with Gasteiger partial charge in [-0.2, -0.15) is 0 Å².